The molecule has 3 nitrogen and oxygen atoms in total. The summed E-state index contributed by atoms with van der Waals surface area (Å²) in [6.07, 6.45) is 5.99. The largest absolute Gasteiger partial charge is 0.481 e. The maximum Gasteiger partial charge on any atom is 0.268 e. The highest BCUT2D eigenvalue weighted by Gasteiger charge is 2.30. The number of amides is 1. The lowest BCUT2D eigenvalue weighted by atomic mass is 9.92. The van der Waals surface area contributed by atoms with Gasteiger partial charge in [-0.1, -0.05) is 31.2 Å². The number of fused-ring (bicyclic) bond motifs is 2. The van der Waals surface area contributed by atoms with Crippen molar-refractivity contribution in [3.63, 3.8) is 0 Å². The molecule has 25 heavy (non-hydrogen) atoms. The Bertz CT molecular complexity index is 783. The molecule has 0 fully saturated rings. The molecule has 0 saturated heterocycles. The molecular weight excluding hydrogens is 310 g/mol. The maximum absolute atomic E-state index is 13.0. The first-order valence-corrected chi connectivity index (χ1v) is 9.44. The number of hydrogen-bond acceptors (Lipinski definition) is 2. The first kappa shape index (κ1) is 16.2. The summed E-state index contributed by atoms with van der Waals surface area (Å²) in [5.41, 5.74) is 5.11. The van der Waals surface area contributed by atoms with E-state index in [2.05, 4.69) is 18.2 Å². The molecule has 3 heteroatoms. The van der Waals surface area contributed by atoms with E-state index < -0.39 is 6.10 Å². The zero-order valence-electron chi connectivity index (χ0n) is 14.8. The van der Waals surface area contributed by atoms with E-state index in [1.807, 2.05) is 36.1 Å². The molecule has 1 amide bonds. The lowest BCUT2D eigenvalue weighted by Gasteiger charge is -2.25. The van der Waals surface area contributed by atoms with Crippen LogP contribution in [0, 0.1) is 0 Å². The van der Waals surface area contributed by atoms with Crippen LogP contribution in [0.25, 0.3) is 0 Å². The molecule has 0 saturated carbocycles. The van der Waals surface area contributed by atoms with E-state index in [4.69, 9.17) is 4.74 Å². The minimum absolute atomic E-state index is 0.0742. The third-order valence-corrected chi connectivity index (χ3v) is 5.40. The van der Waals surface area contributed by atoms with Gasteiger partial charge in [-0.3, -0.25) is 4.79 Å². The van der Waals surface area contributed by atoms with Crippen LogP contribution in [-0.4, -0.2) is 18.6 Å². The first-order valence-electron chi connectivity index (χ1n) is 9.44. The number of rotatable bonds is 4. The van der Waals surface area contributed by atoms with E-state index in [-0.39, 0.29) is 5.91 Å². The lowest BCUT2D eigenvalue weighted by Crippen LogP contribution is -2.41. The van der Waals surface area contributed by atoms with Crippen LogP contribution >= 0.6 is 0 Å². The Morgan fingerprint density at radius 1 is 1.04 bits per heavy atom. The van der Waals surface area contributed by atoms with Gasteiger partial charge in [-0.15, -0.1) is 0 Å². The van der Waals surface area contributed by atoms with Crippen molar-refractivity contribution in [2.24, 2.45) is 0 Å². The van der Waals surface area contributed by atoms with Crippen molar-refractivity contribution in [1.82, 2.24) is 0 Å². The van der Waals surface area contributed by atoms with Crippen LogP contribution in [0.3, 0.4) is 0 Å². The van der Waals surface area contributed by atoms with Crippen LogP contribution in [0.4, 0.5) is 5.69 Å². The van der Waals surface area contributed by atoms with Gasteiger partial charge in [0.15, 0.2) is 6.10 Å². The molecule has 0 radical (unpaired) electrons. The fourth-order valence-corrected chi connectivity index (χ4v) is 4.00. The Balaban J connectivity index is 1.52. The summed E-state index contributed by atoms with van der Waals surface area (Å²) in [5, 5.41) is 0. The maximum atomic E-state index is 13.0. The summed E-state index contributed by atoms with van der Waals surface area (Å²) in [6, 6.07) is 14.5. The molecule has 2 aromatic carbocycles. The SMILES string of the molecule is CC[C@H](Oc1ccc2c(c1)CCCC2)C(=O)N1CCc2ccccc21. The minimum atomic E-state index is -0.423. The van der Waals surface area contributed by atoms with E-state index in [9.17, 15) is 4.79 Å². The second-order valence-electron chi connectivity index (χ2n) is 7.02. The van der Waals surface area contributed by atoms with E-state index in [1.165, 1.54) is 29.5 Å². The lowest BCUT2D eigenvalue weighted by molar-refractivity contribution is -0.125. The van der Waals surface area contributed by atoms with Gasteiger partial charge in [0.2, 0.25) is 0 Å². The standard InChI is InChI=1S/C22H25NO2/c1-2-21(22(24)23-14-13-17-8-5-6-10-20(17)23)25-19-12-11-16-7-3-4-9-18(16)15-19/h5-6,8,10-12,15,21H,2-4,7,9,13-14H2,1H3/t21-/m0/s1. The summed E-state index contributed by atoms with van der Waals surface area (Å²) in [7, 11) is 0. The molecule has 130 valence electrons. The van der Waals surface area contributed by atoms with Gasteiger partial charge in [-0.2, -0.15) is 0 Å². The van der Waals surface area contributed by atoms with Crippen LogP contribution in [0.2, 0.25) is 0 Å². The van der Waals surface area contributed by atoms with Crippen LogP contribution in [0.1, 0.15) is 42.9 Å². The summed E-state index contributed by atoms with van der Waals surface area (Å²) < 4.78 is 6.13. The van der Waals surface area contributed by atoms with Gasteiger partial charge in [0, 0.05) is 12.2 Å². The third-order valence-electron chi connectivity index (χ3n) is 5.40. The predicted octanol–water partition coefficient (Wildman–Crippen LogP) is 4.31. The van der Waals surface area contributed by atoms with Gasteiger partial charge >= 0.3 is 0 Å². The Labute approximate surface area is 149 Å². The molecule has 0 unspecified atom stereocenters. The molecule has 0 aromatic heterocycles. The number of hydrogen-bond donors (Lipinski definition) is 0. The van der Waals surface area contributed by atoms with Crippen LogP contribution < -0.4 is 9.64 Å². The highest BCUT2D eigenvalue weighted by molar-refractivity contribution is 5.98. The normalized spacial score (nSPS) is 16.9. The van der Waals surface area contributed by atoms with E-state index in [1.54, 1.807) is 0 Å². The smallest absolute Gasteiger partial charge is 0.268 e. The molecule has 0 N–H and O–H groups in total. The van der Waals surface area contributed by atoms with Crippen molar-refractivity contribution in [3.05, 3.63) is 59.2 Å². The fraction of sp³-hybridized carbons (Fsp3) is 0.409. The Kier molecular flexibility index (Phi) is 4.48. The summed E-state index contributed by atoms with van der Waals surface area (Å²) in [4.78, 5) is 14.9. The average molecular weight is 335 g/mol. The minimum Gasteiger partial charge on any atom is -0.481 e. The first-order chi connectivity index (χ1) is 12.3. The molecule has 1 aliphatic carbocycles. The van der Waals surface area contributed by atoms with Crippen molar-refractivity contribution < 1.29 is 9.53 Å². The molecule has 0 bridgehead atoms. The van der Waals surface area contributed by atoms with Gasteiger partial charge in [0.05, 0.1) is 0 Å². The van der Waals surface area contributed by atoms with Gasteiger partial charge in [-0.05, 0) is 73.4 Å². The Morgan fingerprint density at radius 2 is 1.84 bits per heavy atom. The zero-order chi connectivity index (χ0) is 17.2. The molecule has 0 spiro atoms. The predicted molar refractivity (Wildman–Crippen MR) is 100 cm³/mol. The van der Waals surface area contributed by atoms with Crippen molar-refractivity contribution in [1.29, 1.82) is 0 Å². The number of para-hydroxylation sites is 1. The van der Waals surface area contributed by atoms with E-state index in [0.29, 0.717) is 6.42 Å². The molecule has 1 aliphatic heterocycles. The monoisotopic (exact) mass is 335 g/mol. The Morgan fingerprint density at radius 3 is 2.68 bits per heavy atom. The summed E-state index contributed by atoms with van der Waals surface area (Å²) >= 11 is 0. The molecule has 2 aromatic rings. The van der Waals surface area contributed by atoms with Crippen molar-refractivity contribution >= 4 is 11.6 Å². The average Bonchev–Trinajstić information content (AvgIpc) is 3.09. The van der Waals surface area contributed by atoms with Crippen molar-refractivity contribution in [2.45, 2.75) is 51.6 Å². The number of carbonyl (C=O) groups is 1. The number of carbonyl (C=O) groups excluding carboxylic acids is 1. The molecular formula is C22H25NO2. The van der Waals surface area contributed by atoms with Gasteiger partial charge < -0.3 is 9.64 Å². The second-order valence-corrected chi connectivity index (χ2v) is 7.02. The topological polar surface area (TPSA) is 29.5 Å². The quantitative estimate of drug-likeness (QED) is 0.833. The van der Waals surface area contributed by atoms with Gasteiger partial charge in [-0.25, -0.2) is 0 Å². The van der Waals surface area contributed by atoms with Crippen LogP contribution in [0.5, 0.6) is 5.75 Å². The zero-order valence-corrected chi connectivity index (χ0v) is 14.8. The number of aryl methyl sites for hydroxylation is 2. The van der Waals surface area contributed by atoms with Gasteiger partial charge in [0.25, 0.3) is 5.91 Å². The number of anilines is 1. The summed E-state index contributed by atoms with van der Waals surface area (Å²) in [6.45, 7) is 2.77. The number of benzene rings is 2. The molecule has 2 aliphatic rings. The molecule has 1 heterocycles. The fourth-order valence-electron chi connectivity index (χ4n) is 4.00. The highest BCUT2D eigenvalue weighted by atomic mass is 16.5. The molecule has 4 rings (SSSR count). The van der Waals surface area contributed by atoms with E-state index in [0.717, 1.165) is 37.2 Å². The second kappa shape index (κ2) is 6.91. The van der Waals surface area contributed by atoms with Gasteiger partial charge in [0.1, 0.15) is 5.75 Å². The van der Waals surface area contributed by atoms with Crippen LogP contribution in [-0.2, 0) is 24.1 Å². The van der Waals surface area contributed by atoms with E-state index >= 15 is 0 Å². The summed E-state index contributed by atoms with van der Waals surface area (Å²) in [5.74, 6) is 0.901. The third kappa shape index (κ3) is 3.15. The number of ether oxygens (including phenoxy) is 1. The van der Waals surface area contributed by atoms with Crippen LogP contribution in [0.15, 0.2) is 42.5 Å². The molecule has 1 atom stereocenters. The Hall–Kier alpha value is -2.29. The highest BCUT2D eigenvalue weighted by Crippen LogP contribution is 2.30. The number of nitrogens with zero attached hydrogens (tertiary/aromatic N) is 1. The van der Waals surface area contributed by atoms with Crippen molar-refractivity contribution in [3.8, 4) is 5.75 Å². The van der Waals surface area contributed by atoms with Crippen molar-refractivity contribution in [2.75, 3.05) is 11.4 Å².